The predicted molar refractivity (Wildman–Crippen MR) is 49.5 cm³/mol. The third-order valence-corrected chi connectivity index (χ3v) is 3.04. The van der Waals surface area contributed by atoms with Gasteiger partial charge >= 0.3 is 5.97 Å². The third-order valence-electron chi connectivity index (χ3n) is 3.04. The first-order valence-electron chi connectivity index (χ1n) is 4.53. The Hall–Kier alpha value is -1.38. The van der Waals surface area contributed by atoms with Gasteiger partial charge in [0.1, 0.15) is 5.82 Å². The lowest BCUT2D eigenvalue weighted by Crippen LogP contribution is -2.10. The van der Waals surface area contributed by atoms with E-state index >= 15 is 0 Å². The average Bonchev–Trinajstić information content (AvgIpc) is 2.80. The summed E-state index contributed by atoms with van der Waals surface area (Å²) in [4.78, 5) is 10.7. The molecule has 0 saturated heterocycles. The Labute approximate surface area is 81.4 Å². The zero-order chi connectivity index (χ0) is 10.3. The molecule has 0 heterocycles. The fourth-order valence-electron chi connectivity index (χ4n) is 1.87. The lowest BCUT2D eigenvalue weighted by atomic mass is 9.95. The molecule has 1 aliphatic carbocycles. The van der Waals surface area contributed by atoms with Crippen molar-refractivity contribution in [2.24, 2.45) is 5.92 Å². The fraction of sp³-hybridized carbons (Fsp3) is 0.364. The first kappa shape index (κ1) is 9.19. The molecule has 1 saturated carbocycles. The number of aliphatic carboxylic acids is 1. The number of hydrogen-bond acceptors (Lipinski definition) is 1. The Balaban J connectivity index is 2.25. The monoisotopic (exact) mass is 194 g/mol. The fourth-order valence-corrected chi connectivity index (χ4v) is 1.87. The largest absolute Gasteiger partial charge is 0.481 e. The van der Waals surface area contributed by atoms with Gasteiger partial charge in [0.25, 0.3) is 0 Å². The molecule has 0 radical (unpaired) electrons. The van der Waals surface area contributed by atoms with Crippen LogP contribution in [0.25, 0.3) is 0 Å². The molecule has 1 aromatic rings. The van der Waals surface area contributed by atoms with Gasteiger partial charge in [-0.05, 0) is 24.1 Å². The lowest BCUT2D eigenvalue weighted by Gasteiger charge is -2.09. The van der Waals surface area contributed by atoms with Crippen molar-refractivity contribution in [3.8, 4) is 0 Å². The number of carboxylic acids is 1. The van der Waals surface area contributed by atoms with Crippen molar-refractivity contribution in [1.29, 1.82) is 0 Å². The van der Waals surface area contributed by atoms with Crippen LogP contribution in [0, 0.1) is 11.7 Å². The minimum Gasteiger partial charge on any atom is -0.481 e. The van der Waals surface area contributed by atoms with E-state index in [-0.39, 0.29) is 17.2 Å². The summed E-state index contributed by atoms with van der Waals surface area (Å²) in [5.41, 5.74) is 0.616. The molecular weight excluding hydrogens is 183 g/mol. The molecule has 1 aliphatic rings. The average molecular weight is 194 g/mol. The number of rotatable bonds is 2. The van der Waals surface area contributed by atoms with Crippen LogP contribution in [0.5, 0.6) is 0 Å². The van der Waals surface area contributed by atoms with Gasteiger partial charge in [-0.2, -0.15) is 0 Å². The molecule has 1 aromatic carbocycles. The molecule has 0 aromatic heterocycles. The van der Waals surface area contributed by atoms with Crippen molar-refractivity contribution < 1.29 is 14.3 Å². The van der Waals surface area contributed by atoms with Crippen LogP contribution in [0.15, 0.2) is 24.3 Å². The van der Waals surface area contributed by atoms with Gasteiger partial charge in [0.15, 0.2) is 0 Å². The van der Waals surface area contributed by atoms with E-state index in [1.807, 2.05) is 6.92 Å². The highest BCUT2D eigenvalue weighted by atomic mass is 19.1. The minimum atomic E-state index is -0.767. The molecule has 0 spiro atoms. The smallest absolute Gasteiger partial charge is 0.307 e. The minimum absolute atomic E-state index is 0.287. The highest BCUT2D eigenvalue weighted by molar-refractivity contribution is 5.77. The van der Waals surface area contributed by atoms with Gasteiger partial charge in [-0.1, -0.05) is 19.1 Å². The van der Waals surface area contributed by atoms with E-state index in [9.17, 15) is 9.18 Å². The van der Waals surface area contributed by atoms with Crippen LogP contribution in [0.1, 0.15) is 18.9 Å². The molecule has 14 heavy (non-hydrogen) atoms. The van der Waals surface area contributed by atoms with Crippen LogP contribution in [0.4, 0.5) is 4.39 Å². The molecule has 0 amide bonds. The second-order valence-electron chi connectivity index (χ2n) is 4.02. The quantitative estimate of drug-likeness (QED) is 0.783. The second kappa shape index (κ2) is 2.80. The predicted octanol–water partition coefficient (Wildman–Crippen LogP) is 2.19. The molecule has 0 aliphatic heterocycles. The normalized spacial score (nSPS) is 30.0. The Morgan fingerprint density at radius 1 is 1.50 bits per heavy atom. The topological polar surface area (TPSA) is 37.3 Å². The van der Waals surface area contributed by atoms with Gasteiger partial charge in [-0.3, -0.25) is 4.79 Å². The molecule has 2 nitrogen and oxygen atoms in total. The van der Waals surface area contributed by atoms with Crippen LogP contribution in [-0.2, 0) is 10.2 Å². The van der Waals surface area contributed by atoms with Gasteiger partial charge in [0.2, 0.25) is 0 Å². The summed E-state index contributed by atoms with van der Waals surface area (Å²) < 4.78 is 12.6. The van der Waals surface area contributed by atoms with Gasteiger partial charge in [-0.15, -0.1) is 0 Å². The van der Waals surface area contributed by atoms with Gasteiger partial charge in [0.05, 0.1) is 5.92 Å². The Morgan fingerprint density at radius 3 is 2.50 bits per heavy atom. The molecule has 2 rings (SSSR count). The first-order chi connectivity index (χ1) is 6.54. The summed E-state index contributed by atoms with van der Waals surface area (Å²) in [6.07, 6.45) is 0.647. The molecule has 0 bridgehead atoms. The highest BCUT2D eigenvalue weighted by Crippen LogP contribution is 2.53. The van der Waals surface area contributed by atoms with Crippen molar-refractivity contribution in [2.75, 3.05) is 0 Å². The van der Waals surface area contributed by atoms with E-state index < -0.39 is 5.97 Å². The maximum absolute atomic E-state index is 12.6. The van der Waals surface area contributed by atoms with Crippen LogP contribution in [0.2, 0.25) is 0 Å². The maximum Gasteiger partial charge on any atom is 0.307 e. The maximum atomic E-state index is 12.6. The summed E-state index contributed by atoms with van der Waals surface area (Å²) in [6.45, 7) is 1.90. The lowest BCUT2D eigenvalue weighted by molar-refractivity contribution is -0.138. The van der Waals surface area contributed by atoms with E-state index in [1.54, 1.807) is 12.1 Å². The first-order valence-corrected chi connectivity index (χ1v) is 4.53. The van der Waals surface area contributed by atoms with Gasteiger partial charge in [-0.25, -0.2) is 4.39 Å². The van der Waals surface area contributed by atoms with Crippen LogP contribution in [-0.4, -0.2) is 11.1 Å². The molecular formula is C11H11FO2. The van der Waals surface area contributed by atoms with E-state index in [2.05, 4.69) is 0 Å². The molecule has 0 unspecified atom stereocenters. The number of benzene rings is 1. The number of carbonyl (C=O) groups is 1. The molecule has 74 valence electrons. The van der Waals surface area contributed by atoms with Crippen LogP contribution < -0.4 is 0 Å². The van der Waals surface area contributed by atoms with Crippen molar-refractivity contribution >= 4 is 5.97 Å². The third kappa shape index (κ3) is 1.29. The molecule has 2 atom stereocenters. The van der Waals surface area contributed by atoms with Gasteiger partial charge < -0.3 is 5.11 Å². The Bertz CT molecular complexity index is 371. The Morgan fingerprint density at radius 2 is 2.07 bits per heavy atom. The van der Waals surface area contributed by atoms with Gasteiger partial charge in [0, 0.05) is 5.41 Å². The molecule has 1 fully saturated rings. The van der Waals surface area contributed by atoms with Crippen molar-refractivity contribution in [1.82, 2.24) is 0 Å². The summed E-state index contributed by atoms with van der Waals surface area (Å²) >= 11 is 0. The van der Waals surface area contributed by atoms with E-state index in [4.69, 9.17) is 5.11 Å². The number of halogens is 1. The van der Waals surface area contributed by atoms with E-state index in [1.165, 1.54) is 12.1 Å². The zero-order valence-electron chi connectivity index (χ0n) is 7.83. The van der Waals surface area contributed by atoms with Crippen molar-refractivity contribution in [3.63, 3.8) is 0 Å². The molecule has 3 heteroatoms. The van der Waals surface area contributed by atoms with E-state index in [0.717, 1.165) is 5.56 Å². The number of carboxylic acid groups (broad SMARTS) is 1. The summed E-state index contributed by atoms with van der Waals surface area (Å²) in [5, 5.41) is 8.83. The van der Waals surface area contributed by atoms with E-state index in [0.29, 0.717) is 6.42 Å². The summed E-state index contributed by atoms with van der Waals surface area (Å²) in [7, 11) is 0. The van der Waals surface area contributed by atoms with Crippen molar-refractivity contribution in [2.45, 2.75) is 18.8 Å². The second-order valence-corrected chi connectivity index (χ2v) is 4.02. The number of hydrogen-bond donors (Lipinski definition) is 1. The molecule has 1 N–H and O–H groups in total. The standard InChI is InChI=1S/C11H11FO2/c1-11(6-9(11)10(13)14)7-2-4-8(12)5-3-7/h2-5,9H,6H2,1H3,(H,13,14)/t9-,11-/m0/s1. The van der Waals surface area contributed by atoms with Crippen molar-refractivity contribution in [3.05, 3.63) is 35.6 Å². The van der Waals surface area contributed by atoms with Crippen LogP contribution in [0.3, 0.4) is 0 Å². The zero-order valence-corrected chi connectivity index (χ0v) is 7.83. The Kier molecular flexibility index (Phi) is 1.84. The highest BCUT2D eigenvalue weighted by Gasteiger charge is 2.55. The summed E-state index contributed by atoms with van der Waals surface area (Å²) in [5.74, 6) is -1.37. The summed E-state index contributed by atoms with van der Waals surface area (Å²) in [6, 6.07) is 6.08. The van der Waals surface area contributed by atoms with Crippen LogP contribution >= 0.6 is 0 Å². The SMILES string of the molecule is C[C@@]1(c2ccc(F)cc2)C[C@H]1C(=O)O.